The monoisotopic (exact) mass is 274 g/mol. The minimum atomic E-state index is 0.370. The molecule has 1 heterocycles. The third kappa shape index (κ3) is 4.58. The van der Waals surface area contributed by atoms with Crippen LogP contribution in [0.5, 0.6) is 0 Å². The molecule has 1 aromatic carbocycles. The SMILES string of the molecule is CC1(C)CN(Cc2cccc(C#CCN)c2)CCS1. The van der Waals surface area contributed by atoms with Crippen LogP contribution in [0.3, 0.4) is 0 Å². The highest BCUT2D eigenvalue weighted by molar-refractivity contribution is 8.00. The van der Waals surface area contributed by atoms with Crippen molar-refractivity contribution >= 4 is 11.8 Å². The largest absolute Gasteiger partial charge is 0.320 e. The van der Waals surface area contributed by atoms with Crippen molar-refractivity contribution in [2.75, 3.05) is 25.4 Å². The molecule has 1 aromatic rings. The van der Waals surface area contributed by atoms with Crippen LogP contribution in [-0.2, 0) is 6.54 Å². The van der Waals surface area contributed by atoms with Gasteiger partial charge in [0.1, 0.15) is 0 Å². The smallest absolute Gasteiger partial charge is 0.0555 e. The highest BCUT2D eigenvalue weighted by atomic mass is 32.2. The molecule has 0 amide bonds. The Hall–Kier alpha value is -0.950. The zero-order chi connectivity index (χ0) is 13.7. The fourth-order valence-corrected chi connectivity index (χ4v) is 3.58. The molecular weight excluding hydrogens is 252 g/mol. The molecule has 2 rings (SSSR count). The Bertz CT molecular complexity index is 485. The molecule has 0 unspecified atom stereocenters. The van der Waals surface area contributed by atoms with E-state index in [9.17, 15) is 0 Å². The van der Waals surface area contributed by atoms with E-state index in [0.29, 0.717) is 11.3 Å². The lowest BCUT2D eigenvalue weighted by Gasteiger charge is -2.37. The van der Waals surface area contributed by atoms with Crippen LogP contribution < -0.4 is 5.73 Å². The summed E-state index contributed by atoms with van der Waals surface area (Å²) in [6, 6.07) is 8.49. The number of thioether (sulfide) groups is 1. The molecule has 19 heavy (non-hydrogen) atoms. The predicted molar refractivity (Wildman–Crippen MR) is 84.2 cm³/mol. The van der Waals surface area contributed by atoms with Gasteiger partial charge in [0, 0.05) is 35.7 Å². The lowest BCUT2D eigenvalue weighted by atomic mass is 10.1. The number of benzene rings is 1. The minimum Gasteiger partial charge on any atom is -0.320 e. The molecule has 1 aliphatic heterocycles. The van der Waals surface area contributed by atoms with Gasteiger partial charge in [-0.1, -0.05) is 24.0 Å². The van der Waals surface area contributed by atoms with E-state index in [0.717, 1.165) is 18.7 Å². The summed E-state index contributed by atoms with van der Waals surface area (Å²) in [4.78, 5) is 2.53. The normalized spacial score (nSPS) is 18.7. The van der Waals surface area contributed by atoms with Crippen LogP contribution in [0, 0.1) is 11.8 Å². The van der Waals surface area contributed by atoms with Crippen LogP contribution in [0.25, 0.3) is 0 Å². The highest BCUT2D eigenvalue weighted by Crippen LogP contribution is 2.30. The van der Waals surface area contributed by atoms with Gasteiger partial charge in [-0.3, -0.25) is 4.90 Å². The molecule has 0 saturated carbocycles. The maximum Gasteiger partial charge on any atom is 0.0555 e. The Kier molecular flexibility index (Phi) is 4.93. The average Bonchev–Trinajstić information content (AvgIpc) is 2.35. The Balaban J connectivity index is 2.02. The van der Waals surface area contributed by atoms with Gasteiger partial charge < -0.3 is 5.73 Å². The van der Waals surface area contributed by atoms with E-state index in [1.54, 1.807) is 0 Å². The second-order valence-electron chi connectivity index (χ2n) is 5.53. The first-order valence-corrected chi connectivity index (χ1v) is 7.72. The molecule has 1 saturated heterocycles. The van der Waals surface area contributed by atoms with Crippen LogP contribution in [0.2, 0.25) is 0 Å². The number of nitrogens with zero attached hydrogens (tertiary/aromatic N) is 1. The summed E-state index contributed by atoms with van der Waals surface area (Å²) in [5.74, 6) is 7.23. The van der Waals surface area contributed by atoms with E-state index in [1.165, 1.54) is 17.9 Å². The summed E-state index contributed by atoms with van der Waals surface area (Å²) in [7, 11) is 0. The molecule has 102 valence electrons. The van der Waals surface area contributed by atoms with Crippen molar-refractivity contribution in [2.24, 2.45) is 5.73 Å². The van der Waals surface area contributed by atoms with Crippen LogP contribution >= 0.6 is 11.8 Å². The molecule has 2 nitrogen and oxygen atoms in total. The first-order chi connectivity index (χ1) is 9.09. The molecule has 0 radical (unpaired) electrons. The maximum atomic E-state index is 5.41. The van der Waals surface area contributed by atoms with Gasteiger partial charge in [0.15, 0.2) is 0 Å². The zero-order valence-electron chi connectivity index (χ0n) is 11.8. The van der Waals surface area contributed by atoms with E-state index in [4.69, 9.17) is 5.73 Å². The second kappa shape index (κ2) is 6.47. The lowest BCUT2D eigenvalue weighted by Crippen LogP contribution is -2.42. The molecule has 1 fully saturated rings. The predicted octanol–water partition coefficient (Wildman–Crippen LogP) is 2.32. The van der Waals surface area contributed by atoms with Crippen molar-refractivity contribution in [2.45, 2.75) is 25.1 Å². The van der Waals surface area contributed by atoms with E-state index in [1.807, 2.05) is 6.07 Å². The van der Waals surface area contributed by atoms with Crippen molar-refractivity contribution in [3.63, 3.8) is 0 Å². The summed E-state index contributed by atoms with van der Waals surface area (Å²) in [5.41, 5.74) is 7.81. The quantitative estimate of drug-likeness (QED) is 0.839. The first-order valence-electron chi connectivity index (χ1n) is 6.73. The van der Waals surface area contributed by atoms with Gasteiger partial charge >= 0.3 is 0 Å². The Labute approximate surface area is 120 Å². The number of hydrogen-bond acceptors (Lipinski definition) is 3. The van der Waals surface area contributed by atoms with Crippen molar-refractivity contribution in [3.8, 4) is 11.8 Å². The molecule has 0 bridgehead atoms. The molecule has 1 aliphatic rings. The first kappa shape index (κ1) is 14.5. The molecule has 0 spiro atoms. The Morgan fingerprint density at radius 2 is 2.26 bits per heavy atom. The minimum absolute atomic E-state index is 0.370. The van der Waals surface area contributed by atoms with Gasteiger partial charge in [0.2, 0.25) is 0 Å². The van der Waals surface area contributed by atoms with Gasteiger partial charge in [-0.25, -0.2) is 0 Å². The van der Waals surface area contributed by atoms with Crippen LogP contribution in [-0.4, -0.2) is 35.0 Å². The third-order valence-electron chi connectivity index (χ3n) is 3.17. The molecule has 2 N–H and O–H groups in total. The molecule has 0 atom stereocenters. The fourth-order valence-electron chi connectivity index (χ4n) is 2.41. The van der Waals surface area contributed by atoms with Gasteiger partial charge in [-0.2, -0.15) is 11.8 Å². The fraction of sp³-hybridized carbons (Fsp3) is 0.500. The molecular formula is C16H22N2S. The van der Waals surface area contributed by atoms with Gasteiger partial charge in [0.25, 0.3) is 0 Å². The molecule has 0 aromatic heterocycles. The molecule has 3 heteroatoms. The van der Waals surface area contributed by atoms with Gasteiger partial charge in [-0.05, 0) is 31.5 Å². The zero-order valence-corrected chi connectivity index (χ0v) is 12.6. The van der Waals surface area contributed by atoms with Crippen molar-refractivity contribution in [3.05, 3.63) is 35.4 Å². The number of hydrogen-bond donors (Lipinski definition) is 1. The lowest BCUT2D eigenvalue weighted by molar-refractivity contribution is 0.252. The van der Waals surface area contributed by atoms with E-state index in [2.05, 4.69) is 60.5 Å². The van der Waals surface area contributed by atoms with Crippen molar-refractivity contribution < 1.29 is 0 Å². The summed E-state index contributed by atoms with van der Waals surface area (Å²) < 4.78 is 0.370. The van der Waals surface area contributed by atoms with Gasteiger partial charge in [-0.15, -0.1) is 0 Å². The average molecular weight is 274 g/mol. The van der Waals surface area contributed by atoms with Crippen LogP contribution in [0.4, 0.5) is 0 Å². The Morgan fingerprint density at radius 3 is 3.00 bits per heavy atom. The molecule has 0 aliphatic carbocycles. The summed E-state index contributed by atoms with van der Waals surface area (Å²) in [6.07, 6.45) is 0. The second-order valence-corrected chi connectivity index (χ2v) is 7.33. The van der Waals surface area contributed by atoms with E-state index >= 15 is 0 Å². The van der Waals surface area contributed by atoms with Gasteiger partial charge in [0.05, 0.1) is 6.54 Å². The third-order valence-corrected chi connectivity index (χ3v) is 4.47. The van der Waals surface area contributed by atoms with E-state index < -0.39 is 0 Å². The van der Waals surface area contributed by atoms with Crippen molar-refractivity contribution in [1.82, 2.24) is 4.90 Å². The summed E-state index contributed by atoms with van der Waals surface area (Å²) >= 11 is 2.07. The Morgan fingerprint density at radius 1 is 1.42 bits per heavy atom. The number of rotatable bonds is 2. The summed E-state index contributed by atoms with van der Waals surface area (Å²) in [6.45, 7) is 8.41. The maximum absolute atomic E-state index is 5.41. The standard InChI is InChI=1S/C16H22N2S/c1-16(2)13-18(9-10-19-16)12-15-6-3-5-14(11-15)7-4-8-17/h3,5-6,11H,8-10,12-13,17H2,1-2H3. The van der Waals surface area contributed by atoms with Crippen LogP contribution in [0.15, 0.2) is 24.3 Å². The highest BCUT2D eigenvalue weighted by Gasteiger charge is 2.26. The van der Waals surface area contributed by atoms with Crippen LogP contribution in [0.1, 0.15) is 25.0 Å². The topological polar surface area (TPSA) is 29.3 Å². The van der Waals surface area contributed by atoms with E-state index in [-0.39, 0.29) is 0 Å². The number of nitrogens with two attached hydrogens (primary N) is 1. The van der Waals surface area contributed by atoms with Crippen molar-refractivity contribution in [1.29, 1.82) is 0 Å². The summed E-state index contributed by atoms with van der Waals surface area (Å²) in [5, 5.41) is 0.